The second-order valence-electron chi connectivity index (χ2n) is 5.66. The fourth-order valence-electron chi connectivity index (χ4n) is 3.43. The first-order valence-electron chi connectivity index (χ1n) is 7.05. The monoisotopic (exact) mass is 278 g/mol. The molecule has 3 unspecified atom stereocenters. The van der Waals surface area contributed by atoms with Crippen LogP contribution in [0.5, 0.6) is 5.75 Å². The van der Waals surface area contributed by atoms with Gasteiger partial charge >= 0.3 is 5.97 Å². The fourth-order valence-corrected chi connectivity index (χ4v) is 3.43. The smallest absolute Gasteiger partial charge is 0.303 e. The lowest BCUT2D eigenvalue weighted by Gasteiger charge is -2.36. The van der Waals surface area contributed by atoms with Gasteiger partial charge in [0.1, 0.15) is 5.75 Å². The Balaban J connectivity index is 2.47. The summed E-state index contributed by atoms with van der Waals surface area (Å²) >= 11 is 0. The molecule has 1 aromatic rings. The van der Waals surface area contributed by atoms with Gasteiger partial charge < -0.3 is 14.9 Å². The topological polar surface area (TPSA) is 66.8 Å². The highest BCUT2D eigenvalue weighted by Crippen LogP contribution is 2.49. The summed E-state index contributed by atoms with van der Waals surface area (Å²) in [6.07, 6.45) is 1.38. The molecule has 0 radical (unpaired) electrons. The number of benzene rings is 1. The van der Waals surface area contributed by atoms with Crippen molar-refractivity contribution in [1.82, 2.24) is 0 Å². The number of rotatable bonds is 5. The molecule has 20 heavy (non-hydrogen) atoms. The summed E-state index contributed by atoms with van der Waals surface area (Å²) in [5, 5.41) is 20.3. The number of hydrogen-bond donors (Lipinski definition) is 2. The average molecular weight is 278 g/mol. The molecule has 0 fully saturated rings. The third-order valence-corrected chi connectivity index (χ3v) is 4.56. The van der Waals surface area contributed by atoms with Crippen molar-refractivity contribution in [3.8, 4) is 5.75 Å². The van der Waals surface area contributed by atoms with Crippen molar-refractivity contribution in [2.45, 2.75) is 38.7 Å². The second kappa shape index (κ2) is 5.44. The van der Waals surface area contributed by atoms with E-state index in [-0.39, 0.29) is 18.3 Å². The highest BCUT2D eigenvalue weighted by Gasteiger charge is 2.48. The van der Waals surface area contributed by atoms with Gasteiger partial charge in [-0.05, 0) is 42.0 Å². The molecule has 0 heterocycles. The van der Waals surface area contributed by atoms with Gasteiger partial charge in [0.15, 0.2) is 0 Å². The van der Waals surface area contributed by atoms with Crippen LogP contribution >= 0.6 is 0 Å². The Kier molecular flexibility index (Phi) is 4.04. The molecule has 0 bridgehead atoms. The minimum Gasteiger partial charge on any atom is -0.497 e. The van der Waals surface area contributed by atoms with Crippen LogP contribution in [-0.2, 0) is 16.8 Å². The van der Waals surface area contributed by atoms with Crippen molar-refractivity contribution in [3.63, 3.8) is 0 Å². The summed E-state index contributed by atoms with van der Waals surface area (Å²) in [4.78, 5) is 11.1. The van der Waals surface area contributed by atoms with E-state index in [0.717, 1.165) is 17.5 Å². The number of methoxy groups -OCH3 is 1. The molecule has 1 aromatic carbocycles. The lowest BCUT2D eigenvalue weighted by Crippen LogP contribution is -2.39. The zero-order valence-electron chi connectivity index (χ0n) is 12.2. The molecule has 4 heteroatoms. The maximum absolute atomic E-state index is 11.2. The molecule has 110 valence electrons. The number of aliphatic hydroxyl groups is 1. The molecule has 0 aromatic heterocycles. The SMILES string of the molecule is CCC(CC(=O)O)C1(O)c2cc(OC)ccc2CC1C. The Morgan fingerprint density at radius 2 is 2.25 bits per heavy atom. The third kappa shape index (κ3) is 2.29. The van der Waals surface area contributed by atoms with E-state index in [1.807, 2.05) is 32.0 Å². The highest BCUT2D eigenvalue weighted by atomic mass is 16.5. The van der Waals surface area contributed by atoms with Crippen molar-refractivity contribution >= 4 is 5.97 Å². The minimum absolute atomic E-state index is 0.00825. The van der Waals surface area contributed by atoms with E-state index in [2.05, 4.69) is 0 Å². The first-order valence-corrected chi connectivity index (χ1v) is 7.05. The molecule has 2 rings (SSSR count). The van der Waals surface area contributed by atoms with Gasteiger partial charge in [-0.15, -0.1) is 0 Å². The van der Waals surface area contributed by atoms with Gasteiger partial charge in [-0.1, -0.05) is 19.9 Å². The summed E-state index contributed by atoms with van der Waals surface area (Å²) in [7, 11) is 1.59. The van der Waals surface area contributed by atoms with Crippen LogP contribution in [0.2, 0.25) is 0 Å². The Morgan fingerprint density at radius 3 is 2.80 bits per heavy atom. The molecule has 4 nitrogen and oxygen atoms in total. The number of carboxylic acids is 1. The largest absolute Gasteiger partial charge is 0.497 e. The first-order chi connectivity index (χ1) is 9.43. The van der Waals surface area contributed by atoms with E-state index in [1.54, 1.807) is 7.11 Å². The first kappa shape index (κ1) is 14.9. The lowest BCUT2D eigenvalue weighted by molar-refractivity contribution is -0.143. The van der Waals surface area contributed by atoms with Gasteiger partial charge in [0.2, 0.25) is 0 Å². The molecule has 0 saturated carbocycles. The van der Waals surface area contributed by atoms with Crippen LogP contribution in [0.3, 0.4) is 0 Å². The molecule has 2 N–H and O–H groups in total. The number of aliphatic carboxylic acids is 1. The van der Waals surface area contributed by atoms with Crippen LogP contribution in [-0.4, -0.2) is 23.3 Å². The summed E-state index contributed by atoms with van der Waals surface area (Å²) in [6, 6.07) is 5.70. The van der Waals surface area contributed by atoms with Gasteiger partial charge in [0, 0.05) is 5.92 Å². The summed E-state index contributed by atoms with van der Waals surface area (Å²) in [5.41, 5.74) is 0.832. The molecule has 0 aliphatic heterocycles. The van der Waals surface area contributed by atoms with E-state index in [9.17, 15) is 9.90 Å². The van der Waals surface area contributed by atoms with Crippen molar-refractivity contribution in [2.24, 2.45) is 11.8 Å². The zero-order chi connectivity index (χ0) is 14.9. The molecule has 0 saturated heterocycles. The van der Waals surface area contributed by atoms with Crippen molar-refractivity contribution < 1.29 is 19.7 Å². The van der Waals surface area contributed by atoms with Gasteiger partial charge in [0.25, 0.3) is 0 Å². The quantitative estimate of drug-likeness (QED) is 0.868. The predicted molar refractivity (Wildman–Crippen MR) is 75.8 cm³/mol. The van der Waals surface area contributed by atoms with Crippen molar-refractivity contribution in [2.75, 3.05) is 7.11 Å². The molecule has 1 aliphatic carbocycles. The van der Waals surface area contributed by atoms with E-state index >= 15 is 0 Å². The summed E-state index contributed by atoms with van der Waals surface area (Å²) in [5.74, 6) is -0.451. The van der Waals surface area contributed by atoms with Crippen LogP contribution in [0.1, 0.15) is 37.8 Å². The second-order valence-corrected chi connectivity index (χ2v) is 5.66. The Labute approximate surface area is 119 Å². The Hall–Kier alpha value is -1.55. The van der Waals surface area contributed by atoms with Gasteiger partial charge in [-0.3, -0.25) is 4.79 Å². The maximum atomic E-state index is 11.2. The predicted octanol–water partition coefficient (Wildman–Crippen LogP) is 2.58. The average Bonchev–Trinajstić information content (AvgIpc) is 2.68. The summed E-state index contributed by atoms with van der Waals surface area (Å²) in [6.45, 7) is 3.91. The van der Waals surface area contributed by atoms with E-state index < -0.39 is 11.6 Å². The van der Waals surface area contributed by atoms with Crippen LogP contribution in [0.15, 0.2) is 18.2 Å². The van der Waals surface area contributed by atoms with Crippen LogP contribution < -0.4 is 4.74 Å². The van der Waals surface area contributed by atoms with Crippen LogP contribution in [0, 0.1) is 11.8 Å². The Bertz CT molecular complexity index is 511. The van der Waals surface area contributed by atoms with Crippen LogP contribution in [0.25, 0.3) is 0 Å². The highest BCUT2D eigenvalue weighted by molar-refractivity contribution is 5.67. The lowest BCUT2D eigenvalue weighted by atomic mass is 9.74. The molecule has 3 atom stereocenters. The molecular weight excluding hydrogens is 256 g/mol. The number of hydrogen-bond acceptors (Lipinski definition) is 3. The number of carboxylic acid groups (broad SMARTS) is 1. The van der Waals surface area contributed by atoms with Gasteiger partial charge in [-0.25, -0.2) is 0 Å². The molecule has 1 aliphatic rings. The number of carbonyl (C=O) groups is 1. The van der Waals surface area contributed by atoms with Gasteiger partial charge in [0.05, 0.1) is 19.1 Å². The summed E-state index contributed by atoms with van der Waals surface area (Å²) < 4.78 is 5.24. The standard InChI is InChI=1S/C16H22O4/c1-4-12(8-15(17)18)16(19)10(2)7-11-5-6-13(20-3)9-14(11)16/h5-6,9-10,12,19H,4,7-8H2,1-3H3,(H,17,18). The zero-order valence-corrected chi connectivity index (χ0v) is 12.2. The Morgan fingerprint density at radius 1 is 1.55 bits per heavy atom. The number of ether oxygens (including phenoxy) is 1. The van der Waals surface area contributed by atoms with Crippen molar-refractivity contribution in [3.05, 3.63) is 29.3 Å². The molecule has 0 spiro atoms. The van der Waals surface area contributed by atoms with Crippen LogP contribution in [0.4, 0.5) is 0 Å². The van der Waals surface area contributed by atoms with E-state index in [4.69, 9.17) is 9.84 Å². The molecular formula is C16H22O4. The molecule has 0 amide bonds. The van der Waals surface area contributed by atoms with Crippen molar-refractivity contribution in [1.29, 1.82) is 0 Å². The van der Waals surface area contributed by atoms with Gasteiger partial charge in [-0.2, -0.15) is 0 Å². The normalized spacial score (nSPS) is 26.1. The maximum Gasteiger partial charge on any atom is 0.303 e. The number of fused-ring (bicyclic) bond motifs is 1. The fraction of sp³-hybridized carbons (Fsp3) is 0.562. The van der Waals surface area contributed by atoms with E-state index in [0.29, 0.717) is 12.2 Å². The third-order valence-electron chi connectivity index (χ3n) is 4.56. The van der Waals surface area contributed by atoms with E-state index in [1.165, 1.54) is 0 Å². The minimum atomic E-state index is -1.09.